The van der Waals surface area contributed by atoms with Crippen molar-refractivity contribution in [2.75, 3.05) is 0 Å². The summed E-state index contributed by atoms with van der Waals surface area (Å²) in [5, 5.41) is 19.1. The molecule has 2 heterocycles. The molecule has 473 valence electrons. The number of carbonyl (C=O) groups excluding carboxylic acids is 1. The maximum absolute atomic E-state index is 10.9. The number of rotatable bonds is 1. The van der Waals surface area contributed by atoms with Gasteiger partial charge < -0.3 is 10.0 Å². The van der Waals surface area contributed by atoms with Crippen LogP contribution in [0.2, 0.25) is 0 Å². The van der Waals surface area contributed by atoms with Crippen molar-refractivity contribution in [3.63, 3.8) is 0 Å². The van der Waals surface area contributed by atoms with E-state index in [-0.39, 0.29) is 5.12 Å². The van der Waals surface area contributed by atoms with Crippen LogP contribution in [0.25, 0.3) is 10.1 Å². The van der Waals surface area contributed by atoms with E-state index in [0.29, 0.717) is 11.2 Å². The van der Waals surface area contributed by atoms with E-state index in [1.165, 1.54) is 47.3 Å². The summed E-state index contributed by atoms with van der Waals surface area (Å²) >= 11 is 7.58. The van der Waals surface area contributed by atoms with E-state index >= 15 is 0 Å². The fourth-order valence-corrected chi connectivity index (χ4v) is 160. The first-order chi connectivity index (χ1) is 41.0. The molecule has 4 rings (SSSR count). The molecule has 0 spiro atoms. The smallest absolute Gasteiger partial charge is 0 e. The van der Waals surface area contributed by atoms with Gasteiger partial charge in [0.05, 0.1) is 0 Å². The van der Waals surface area contributed by atoms with E-state index in [1.807, 2.05) is 439 Å². The summed E-state index contributed by atoms with van der Waals surface area (Å²) in [5.41, 5.74) is 1.18. The van der Waals surface area contributed by atoms with E-state index in [1.54, 1.807) is 122 Å². The molecule has 0 bridgehead atoms. The Hall–Kier alpha value is 11.7. The monoisotopic (exact) mass is 2260 g/mol. The van der Waals surface area contributed by atoms with Crippen LogP contribution in [0.5, 0.6) is 0 Å². The number of hydrogen-bond acceptors (Lipinski definition) is 6. The Morgan fingerprint density at radius 3 is 0.867 bits per heavy atom. The summed E-state index contributed by atoms with van der Waals surface area (Å²) in [5.74, 6) is 0. The Balaban J connectivity index is 0.000000857. The standard InChI is InChI=1S/C8H7BO2S.C8H6OS.BS60/c10-9(11)8-5-6-3-1-2-4-7(6)12-8;9-8-5-6-3-1-2-4-7(6)10-8;1-3-5-7-9-11-13-15-17-19-21-23-25-27-29-31-33-35-37-39-41-43-45-47-49-51-53-55-57-59-61-60-58-56-54-52-50-48-46-44-42-40-38-36-34-32-30-28-26-24-22-20-18-16-14-12-10-8-6-4-2/h1-5,10-11H;1-4H,5H2;. The Kier molecular flexibility index (Phi) is 81.8. The van der Waals surface area contributed by atoms with Crippen molar-refractivity contribution in [3.8, 4) is 0 Å². The van der Waals surface area contributed by atoms with Gasteiger partial charge in [0.1, 0.15) is 0 Å². The Morgan fingerprint density at radius 2 is 0.614 bits per heavy atom. The van der Waals surface area contributed by atoms with Gasteiger partial charge in [-0.15, -0.1) is 11.3 Å². The van der Waals surface area contributed by atoms with Crippen molar-refractivity contribution in [1.29, 1.82) is 0 Å². The number of thioether (sulfide) groups is 1. The number of thiophene rings is 1. The molecule has 67 heteroatoms. The maximum atomic E-state index is 10.9. The van der Waals surface area contributed by atoms with Crippen molar-refractivity contribution in [2.45, 2.75) is 11.3 Å². The van der Waals surface area contributed by atoms with Gasteiger partial charge in [-0.2, -0.15) is 0 Å². The molecule has 83 heavy (non-hydrogen) atoms. The first-order valence-electron chi connectivity index (χ1n) is 16.8. The van der Waals surface area contributed by atoms with Crippen LogP contribution >= 0.6 is 23.1 Å². The minimum Gasteiger partial charge on any atom is 0 e. The first-order valence-corrected chi connectivity index (χ1v) is 97.6. The van der Waals surface area contributed by atoms with Crippen LogP contribution in [0.4, 0.5) is 0 Å². The fourth-order valence-electron chi connectivity index (χ4n) is 2.84. The molecule has 1 aliphatic heterocycles. The van der Waals surface area contributed by atoms with Gasteiger partial charge >= 0.3 is 121 Å². The molecule has 3 nitrogen and oxygen atoms in total. The molecule has 0 amide bonds. The second-order valence-electron chi connectivity index (χ2n) is 8.86. The number of benzene rings is 2. The molecule has 2 aromatic carbocycles. The van der Waals surface area contributed by atoms with Crippen LogP contribution in [0.3, 0.4) is 0 Å². The van der Waals surface area contributed by atoms with Gasteiger partial charge in [-0.05, 0) is 29.1 Å². The third-order valence-corrected chi connectivity index (χ3v) is 135. The molecule has 0 aliphatic carbocycles. The molecule has 0 atom stereocenters. The van der Waals surface area contributed by atoms with Crippen LogP contribution in [-0.4, -0.2) is 29.0 Å². The molecule has 0 saturated heterocycles. The minimum absolute atomic E-state index is 0.265. The van der Waals surface area contributed by atoms with Gasteiger partial charge in [0, 0.05) is 449 Å². The normalized spacial score (nSPS) is 9.10. The van der Waals surface area contributed by atoms with Crippen molar-refractivity contribution in [2.24, 2.45) is 0 Å². The number of fused-ring (bicyclic) bond motifs is 2. The molecule has 1 aromatic heterocycles. The number of carbonyl (C=O) groups is 1. The summed E-state index contributed by atoms with van der Waals surface area (Å²) in [4.78, 5) is 12.0. The van der Waals surface area contributed by atoms with Gasteiger partial charge in [0.15, 0.2) is 5.12 Å². The van der Waals surface area contributed by atoms with Crippen molar-refractivity contribution in [3.05, 3.63) is 60.2 Å². The average molecular weight is 2260 g/mol. The molecule has 0 saturated carbocycles. The van der Waals surface area contributed by atoms with Crippen molar-refractivity contribution in [1.82, 2.24) is 0 Å². The van der Waals surface area contributed by atoms with Crippen LogP contribution in [0, 0.1) is 0 Å². The van der Waals surface area contributed by atoms with E-state index in [9.17, 15) is 4.79 Å². The predicted octanol–water partition coefficient (Wildman–Crippen LogP) is 1.92. The van der Waals surface area contributed by atoms with Gasteiger partial charge in [0.25, 0.3) is 0 Å². The van der Waals surface area contributed by atoms with E-state index < -0.39 is 7.12 Å². The number of hydrogen-bond donors (Lipinski definition) is 2. The Bertz CT molecular complexity index is 5420. The van der Waals surface area contributed by atoms with Gasteiger partial charge in [-0.3, -0.25) is 4.79 Å². The molecule has 0 unspecified atom stereocenters. The summed E-state index contributed by atoms with van der Waals surface area (Å²) in [6, 6.07) is 17.5. The molecule has 2 N–H and O–H groups in total. The quantitative estimate of drug-likeness (QED) is 0.366. The molecular formula is C16H13B2O3S62. The third-order valence-electron chi connectivity index (χ3n) is 4.85. The van der Waals surface area contributed by atoms with E-state index in [4.69, 9.17) is 28.0 Å². The van der Waals surface area contributed by atoms with Gasteiger partial charge in [0.2, 0.25) is 0 Å². The zero-order valence-corrected chi connectivity index (χ0v) is 87.3. The predicted molar refractivity (Wildman–Crippen MR) is 540 cm³/mol. The minimum atomic E-state index is -1.35. The van der Waals surface area contributed by atoms with Crippen molar-refractivity contribution < 1.29 is 14.8 Å². The zero-order valence-electron chi connectivity index (χ0n) is 36.7. The molecular weight excluding hydrogens is 2250 g/mol. The van der Waals surface area contributed by atoms with Crippen LogP contribution in [0.1, 0.15) is 5.56 Å². The van der Waals surface area contributed by atoms with Gasteiger partial charge in [-0.1, -0.05) is 48.2 Å². The molecule has 0 fully saturated rings. The van der Waals surface area contributed by atoms with Crippen molar-refractivity contribution >= 4 is 593 Å². The summed E-state index contributed by atoms with van der Waals surface area (Å²) in [7, 11) is 104. The molecule has 3 aromatic rings. The summed E-state index contributed by atoms with van der Waals surface area (Å²) in [6.07, 6.45) is 0.612. The zero-order chi connectivity index (χ0) is 59.2. The third kappa shape index (κ3) is 63.1. The fraction of sp³-hybridized carbons (Fsp3) is 0.0625. The van der Waals surface area contributed by atoms with Crippen LogP contribution < -0.4 is 4.78 Å². The topological polar surface area (TPSA) is 57.5 Å². The SMILES string of the molecule is O=C1Cc2ccccc2S1.OB(O)c1cc2ccccc2s1.[B]=S=S=S=S=S=S=S=S=S=S=S=S=S=S=S=S=S=S=S=S=S=S=S=S=S=S=S=S=S=S=S=S=S=S=S=S=S=S=S=S=S=S=S=S=S=S=S=S=S=S=S=S=S=S=S=S=S=S=S=S. The van der Waals surface area contributed by atoms with E-state index in [0.717, 1.165) is 15.0 Å². The Morgan fingerprint density at radius 1 is 0.361 bits per heavy atom. The average Bonchev–Trinajstić information content (AvgIpc) is 4.30. The van der Waals surface area contributed by atoms with E-state index in [2.05, 4.69) is 0 Å². The molecule has 1 aliphatic rings. The second kappa shape index (κ2) is 74.8. The summed E-state index contributed by atoms with van der Waals surface area (Å²) < 4.78 is 1.68. The van der Waals surface area contributed by atoms with Crippen LogP contribution in [0.15, 0.2) is 59.5 Å². The van der Waals surface area contributed by atoms with Crippen LogP contribution in [-0.2, 0) is 547 Å². The second-order valence-corrected chi connectivity index (χ2v) is 114. The molecule has 1 radical (unpaired) electrons. The van der Waals surface area contributed by atoms with Gasteiger partial charge in [-0.25, -0.2) is 0 Å². The first kappa shape index (κ1) is 90.8. The summed E-state index contributed by atoms with van der Waals surface area (Å²) in [6.45, 7) is 5.36. The Labute approximate surface area is 661 Å².